The highest BCUT2D eigenvalue weighted by Crippen LogP contribution is 2.43. The van der Waals surface area contributed by atoms with Crippen molar-refractivity contribution in [2.24, 2.45) is 11.8 Å². The number of ether oxygens (including phenoxy) is 1. The molecule has 0 radical (unpaired) electrons. The Hall–Kier alpha value is -4.23. The lowest BCUT2D eigenvalue weighted by molar-refractivity contribution is 0.0283. The number of rotatable bonds is 7. The number of aliphatic hydroxyl groups is 1. The van der Waals surface area contributed by atoms with E-state index in [4.69, 9.17) is 9.72 Å². The number of nitrogens with zero attached hydrogens (tertiary/aromatic N) is 6. The molecule has 2 unspecified atom stereocenters. The highest BCUT2D eigenvalue weighted by atomic mass is 19.1. The molecule has 2 N–H and O–H groups in total. The summed E-state index contributed by atoms with van der Waals surface area (Å²) in [6.45, 7) is 7.00. The molecule has 1 saturated carbocycles. The minimum absolute atomic E-state index is 0.112. The molecule has 39 heavy (non-hydrogen) atoms. The van der Waals surface area contributed by atoms with Crippen LogP contribution in [-0.2, 0) is 0 Å². The topological polar surface area (TPSA) is 112 Å². The smallest absolute Gasteiger partial charge is 0.165 e. The predicted molar refractivity (Wildman–Crippen MR) is 145 cm³/mol. The number of halogens is 1. The molecular formula is C29H30FN7O2. The minimum atomic E-state index is -0.991. The maximum Gasteiger partial charge on any atom is 0.165 e. The molecule has 3 atom stereocenters. The summed E-state index contributed by atoms with van der Waals surface area (Å²) < 4.78 is 21.7. The number of fused-ring (bicyclic) bond motifs is 3. The molecule has 4 aromatic heterocycles. The third-order valence-corrected chi connectivity index (χ3v) is 7.50. The summed E-state index contributed by atoms with van der Waals surface area (Å²) in [5.74, 6) is 2.21. The van der Waals surface area contributed by atoms with Crippen LogP contribution in [0.25, 0.3) is 16.6 Å². The molecule has 9 nitrogen and oxygen atoms in total. The average Bonchev–Trinajstić information content (AvgIpc) is 3.35. The zero-order chi connectivity index (χ0) is 27.3. The fraction of sp³-hybridized carbons (Fsp3) is 0.379. The van der Waals surface area contributed by atoms with Crippen molar-refractivity contribution < 1.29 is 14.2 Å². The Bertz CT molecular complexity index is 1560. The molecule has 2 saturated heterocycles. The van der Waals surface area contributed by atoms with E-state index in [1.165, 1.54) is 12.3 Å². The van der Waals surface area contributed by atoms with Crippen LogP contribution in [0.4, 0.5) is 16.0 Å². The zero-order valence-electron chi connectivity index (χ0n) is 22.1. The van der Waals surface area contributed by atoms with Gasteiger partial charge >= 0.3 is 0 Å². The van der Waals surface area contributed by atoms with E-state index < -0.39 is 5.60 Å². The third-order valence-electron chi connectivity index (χ3n) is 7.50. The number of aromatic nitrogens is 4. The van der Waals surface area contributed by atoms with Gasteiger partial charge in [-0.05, 0) is 69.4 Å². The molecule has 1 aliphatic carbocycles. The van der Waals surface area contributed by atoms with Crippen LogP contribution in [0, 0.1) is 35.9 Å². The van der Waals surface area contributed by atoms with Crippen LogP contribution in [0.5, 0.6) is 5.75 Å². The van der Waals surface area contributed by atoms with Crippen LogP contribution in [0.1, 0.15) is 31.5 Å². The Morgan fingerprint density at radius 2 is 2.00 bits per heavy atom. The van der Waals surface area contributed by atoms with Crippen LogP contribution in [0.3, 0.4) is 0 Å². The summed E-state index contributed by atoms with van der Waals surface area (Å²) in [6.07, 6.45) is 6.15. The number of hydrogen-bond acceptors (Lipinski definition) is 8. The number of piperidine rings is 2. The second-order valence-electron chi connectivity index (χ2n) is 11.2. The molecule has 0 aromatic carbocycles. The lowest BCUT2D eigenvalue weighted by Crippen LogP contribution is -2.61. The van der Waals surface area contributed by atoms with Crippen LogP contribution in [0.2, 0.25) is 0 Å². The lowest BCUT2D eigenvalue weighted by Gasteiger charge is -2.54. The standard InChI is InChI=1S/C29H30FN7O2/c1-17-4-6-24(30)28(34-17)35-26-19-8-20(26)14-36(13-19)25-7-5-18(11-32-25)23-9-22(39-16-29(2,3)38)15-37-27(23)21(10-31)12-33-37/h4-7,9,11-12,15,19-20,26,38H,8,13-14,16H2,1-3H3,(H,34,35)/t19-,20?,26?/m0/s1. The first-order chi connectivity index (χ1) is 18.7. The molecule has 10 heteroatoms. The molecule has 7 rings (SSSR count). The lowest BCUT2D eigenvalue weighted by atomic mass is 9.66. The van der Waals surface area contributed by atoms with Crippen molar-refractivity contribution in [3.63, 3.8) is 0 Å². The van der Waals surface area contributed by atoms with Gasteiger partial charge in [-0.25, -0.2) is 18.9 Å². The van der Waals surface area contributed by atoms with E-state index in [0.29, 0.717) is 34.5 Å². The molecule has 4 aromatic rings. The van der Waals surface area contributed by atoms with Crippen LogP contribution in [0.15, 0.2) is 48.9 Å². The Labute approximate surface area is 225 Å². The van der Waals surface area contributed by atoms with Crippen LogP contribution >= 0.6 is 0 Å². The first-order valence-electron chi connectivity index (χ1n) is 13.1. The van der Waals surface area contributed by atoms with Gasteiger partial charge in [-0.3, -0.25) is 0 Å². The summed E-state index contributed by atoms with van der Waals surface area (Å²) in [5, 5.41) is 27.4. The monoisotopic (exact) mass is 527 g/mol. The first kappa shape index (κ1) is 25.1. The quantitative estimate of drug-likeness (QED) is 0.368. The number of hydrogen-bond donors (Lipinski definition) is 2. The zero-order valence-corrected chi connectivity index (χ0v) is 22.1. The van der Waals surface area contributed by atoms with Gasteiger partial charge in [0.05, 0.1) is 29.1 Å². The van der Waals surface area contributed by atoms with Crippen LogP contribution < -0.4 is 15.0 Å². The van der Waals surface area contributed by atoms with Crippen molar-refractivity contribution in [1.29, 1.82) is 5.26 Å². The third kappa shape index (κ3) is 4.86. The van der Waals surface area contributed by atoms with Gasteiger partial charge in [-0.15, -0.1) is 0 Å². The molecule has 2 aliphatic heterocycles. The summed E-state index contributed by atoms with van der Waals surface area (Å²) in [6, 6.07) is 11.4. The number of nitriles is 1. The largest absolute Gasteiger partial charge is 0.489 e. The van der Waals surface area contributed by atoms with Crippen molar-refractivity contribution in [2.45, 2.75) is 38.8 Å². The Balaban J connectivity index is 1.21. The van der Waals surface area contributed by atoms with Crippen LogP contribution in [-0.4, -0.2) is 56.0 Å². The van der Waals surface area contributed by atoms with Gasteiger partial charge in [-0.2, -0.15) is 10.4 Å². The Kier molecular flexibility index (Phi) is 6.11. The first-order valence-corrected chi connectivity index (χ1v) is 13.1. The van der Waals surface area contributed by atoms with Gasteiger partial charge < -0.3 is 20.1 Å². The maximum absolute atomic E-state index is 14.2. The molecule has 3 aliphatic rings. The van der Waals surface area contributed by atoms with Gasteiger partial charge in [0, 0.05) is 42.1 Å². The summed E-state index contributed by atoms with van der Waals surface area (Å²) >= 11 is 0. The van der Waals surface area contributed by atoms with E-state index in [1.54, 1.807) is 36.8 Å². The minimum Gasteiger partial charge on any atom is -0.489 e. The van der Waals surface area contributed by atoms with Gasteiger partial charge in [0.1, 0.15) is 24.2 Å². The van der Waals surface area contributed by atoms with E-state index in [0.717, 1.165) is 42.1 Å². The second kappa shape index (κ2) is 9.50. The Morgan fingerprint density at radius 3 is 2.69 bits per heavy atom. The van der Waals surface area contributed by atoms with E-state index in [2.05, 4.69) is 26.4 Å². The highest BCUT2D eigenvalue weighted by Gasteiger charge is 2.47. The van der Waals surface area contributed by atoms with E-state index in [1.807, 2.05) is 25.1 Å². The van der Waals surface area contributed by atoms with Crippen molar-refractivity contribution in [2.75, 3.05) is 29.9 Å². The molecule has 0 amide bonds. The molecule has 6 heterocycles. The molecule has 2 bridgehead atoms. The van der Waals surface area contributed by atoms with Crippen molar-refractivity contribution in [3.05, 3.63) is 66.0 Å². The van der Waals surface area contributed by atoms with Gasteiger partial charge in [-0.1, -0.05) is 0 Å². The highest BCUT2D eigenvalue weighted by molar-refractivity contribution is 5.85. The number of anilines is 2. The SMILES string of the molecule is Cc1ccc(F)c(NC2C3C[C@H]2CN(c2ccc(-c4cc(OCC(C)(C)O)cn5ncc(C#N)c45)cn2)C3)n1. The maximum atomic E-state index is 14.2. The van der Waals surface area contributed by atoms with Gasteiger partial charge in [0.2, 0.25) is 0 Å². The van der Waals surface area contributed by atoms with Gasteiger partial charge in [0.25, 0.3) is 0 Å². The fourth-order valence-corrected chi connectivity index (χ4v) is 5.58. The number of pyridine rings is 3. The summed E-state index contributed by atoms with van der Waals surface area (Å²) in [4.78, 5) is 11.4. The molecular weight excluding hydrogens is 497 g/mol. The normalized spacial score (nSPS) is 20.4. The van der Waals surface area contributed by atoms with Gasteiger partial charge in [0.15, 0.2) is 11.6 Å². The number of nitrogens with one attached hydrogen (secondary N) is 1. The predicted octanol–water partition coefficient (Wildman–Crippen LogP) is 4.20. The van der Waals surface area contributed by atoms with Crippen molar-refractivity contribution in [3.8, 4) is 22.9 Å². The molecule has 3 fully saturated rings. The fourth-order valence-electron chi connectivity index (χ4n) is 5.58. The van der Waals surface area contributed by atoms with E-state index in [9.17, 15) is 14.8 Å². The van der Waals surface area contributed by atoms with Crippen molar-refractivity contribution in [1.82, 2.24) is 19.6 Å². The summed E-state index contributed by atoms with van der Waals surface area (Å²) in [7, 11) is 0. The number of aryl methyl sites for hydroxylation is 1. The van der Waals surface area contributed by atoms with E-state index in [-0.39, 0.29) is 18.5 Å². The van der Waals surface area contributed by atoms with E-state index >= 15 is 0 Å². The Morgan fingerprint density at radius 1 is 1.21 bits per heavy atom. The molecule has 0 spiro atoms. The summed E-state index contributed by atoms with van der Waals surface area (Å²) in [5.41, 5.74) is 2.53. The molecule has 200 valence electrons. The average molecular weight is 528 g/mol. The van der Waals surface area contributed by atoms with Crippen molar-refractivity contribution >= 4 is 17.2 Å². The second-order valence-corrected chi connectivity index (χ2v) is 11.2.